The molecule has 0 saturated carbocycles. The molecular formula is C22H24N4O. The summed E-state index contributed by atoms with van der Waals surface area (Å²) < 4.78 is 0. The van der Waals surface area contributed by atoms with Crippen LogP contribution >= 0.6 is 0 Å². The molecule has 0 radical (unpaired) electrons. The fraction of sp³-hybridized carbons (Fsp3) is 0.227. The first-order valence-electron chi connectivity index (χ1n) is 8.99. The van der Waals surface area contributed by atoms with Crippen molar-refractivity contribution in [3.63, 3.8) is 0 Å². The lowest BCUT2D eigenvalue weighted by molar-refractivity contribution is 0.0992. The molecule has 0 aliphatic heterocycles. The van der Waals surface area contributed by atoms with Crippen molar-refractivity contribution < 1.29 is 4.79 Å². The van der Waals surface area contributed by atoms with Crippen LogP contribution in [-0.2, 0) is 0 Å². The van der Waals surface area contributed by atoms with Gasteiger partial charge in [0, 0.05) is 30.8 Å². The maximum absolute atomic E-state index is 12.6. The van der Waals surface area contributed by atoms with Crippen molar-refractivity contribution in [2.24, 2.45) is 0 Å². The summed E-state index contributed by atoms with van der Waals surface area (Å²) in [5.41, 5.74) is 4.64. The van der Waals surface area contributed by atoms with Gasteiger partial charge in [-0.05, 0) is 36.1 Å². The fourth-order valence-electron chi connectivity index (χ4n) is 2.92. The highest BCUT2D eigenvalue weighted by Crippen LogP contribution is 2.29. The van der Waals surface area contributed by atoms with Gasteiger partial charge in [0.1, 0.15) is 0 Å². The Kier molecular flexibility index (Phi) is 5.50. The molecule has 5 nitrogen and oxygen atoms in total. The molecule has 0 bridgehead atoms. The van der Waals surface area contributed by atoms with Crippen molar-refractivity contribution >= 4 is 23.2 Å². The molecule has 2 aromatic carbocycles. The number of carbonyl (C=O) groups excluding carboxylic acids is 1. The monoisotopic (exact) mass is 360 g/mol. The zero-order valence-electron chi connectivity index (χ0n) is 16.1. The summed E-state index contributed by atoms with van der Waals surface area (Å²) in [5.74, 6) is 0.712. The third-order valence-electron chi connectivity index (χ3n) is 4.51. The first-order valence-corrected chi connectivity index (χ1v) is 8.99. The van der Waals surface area contributed by atoms with Gasteiger partial charge in [0.05, 0.1) is 5.56 Å². The number of nitrogens with zero attached hydrogens (tertiary/aromatic N) is 3. The normalized spacial score (nSPS) is 10.7. The van der Waals surface area contributed by atoms with Crippen LogP contribution in [0.25, 0.3) is 0 Å². The van der Waals surface area contributed by atoms with Gasteiger partial charge in [-0.25, -0.2) is 9.97 Å². The Morgan fingerprint density at radius 3 is 2.30 bits per heavy atom. The van der Waals surface area contributed by atoms with E-state index in [4.69, 9.17) is 0 Å². The molecule has 27 heavy (non-hydrogen) atoms. The highest BCUT2D eigenvalue weighted by Gasteiger charge is 2.15. The molecule has 0 aliphatic rings. The van der Waals surface area contributed by atoms with E-state index in [2.05, 4.69) is 54.3 Å². The van der Waals surface area contributed by atoms with Crippen LogP contribution < -0.4 is 10.2 Å². The van der Waals surface area contributed by atoms with E-state index in [9.17, 15) is 4.79 Å². The van der Waals surface area contributed by atoms with Gasteiger partial charge < -0.3 is 10.2 Å². The van der Waals surface area contributed by atoms with Crippen molar-refractivity contribution in [3.05, 3.63) is 77.6 Å². The summed E-state index contributed by atoms with van der Waals surface area (Å²) in [6, 6.07) is 15.7. The van der Waals surface area contributed by atoms with E-state index in [0.29, 0.717) is 17.4 Å². The molecule has 0 spiro atoms. The van der Waals surface area contributed by atoms with E-state index in [1.807, 2.05) is 30.3 Å². The van der Waals surface area contributed by atoms with Crippen molar-refractivity contribution in [3.8, 4) is 0 Å². The van der Waals surface area contributed by atoms with Crippen molar-refractivity contribution in [1.82, 2.24) is 9.97 Å². The molecule has 3 rings (SSSR count). The highest BCUT2D eigenvalue weighted by molar-refractivity contribution is 6.05. The molecular weight excluding hydrogens is 336 g/mol. The number of para-hydroxylation sites is 2. The summed E-state index contributed by atoms with van der Waals surface area (Å²) in [5, 5.41) is 3.30. The highest BCUT2D eigenvalue weighted by atomic mass is 16.2. The predicted molar refractivity (Wildman–Crippen MR) is 110 cm³/mol. The molecule has 0 unspecified atom stereocenters. The molecule has 0 atom stereocenters. The van der Waals surface area contributed by atoms with Crippen LogP contribution in [0.4, 0.5) is 17.3 Å². The van der Waals surface area contributed by atoms with Gasteiger partial charge in [-0.15, -0.1) is 0 Å². The maximum atomic E-state index is 12.6. The van der Waals surface area contributed by atoms with Gasteiger partial charge in [0.25, 0.3) is 5.91 Å². The molecule has 5 heteroatoms. The van der Waals surface area contributed by atoms with Crippen LogP contribution in [0.3, 0.4) is 0 Å². The molecule has 1 N–H and O–H groups in total. The molecule has 1 heterocycles. The summed E-state index contributed by atoms with van der Waals surface area (Å²) in [7, 11) is 1.74. The number of hydrogen-bond acceptors (Lipinski definition) is 4. The van der Waals surface area contributed by atoms with E-state index in [1.165, 1.54) is 5.56 Å². The van der Waals surface area contributed by atoms with Crippen LogP contribution in [-0.4, -0.2) is 22.9 Å². The number of carbonyl (C=O) groups is 1. The number of amides is 1. The van der Waals surface area contributed by atoms with Gasteiger partial charge in [0.2, 0.25) is 5.95 Å². The quantitative estimate of drug-likeness (QED) is 0.701. The standard InChI is InChI=1S/C22H24N4O/c1-15(2)19-12-8-9-16(3)20(19)25-22-23-13-17(14-24-22)21(27)26(4)18-10-6-5-7-11-18/h5-15H,1-4H3,(H,23,24,25). The van der Waals surface area contributed by atoms with E-state index in [-0.39, 0.29) is 5.91 Å². The molecule has 0 fully saturated rings. The molecule has 0 saturated heterocycles. The van der Waals surface area contributed by atoms with Gasteiger partial charge in [0.15, 0.2) is 0 Å². The SMILES string of the molecule is Cc1cccc(C(C)C)c1Nc1ncc(C(=O)N(C)c2ccccc2)cn1. The van der Waals surface area contributed by atoms with Crippen LogP contribution in [0.15, 0.2) is 60.9 Å². The summed E-state index contributed by atoms with van der Waals surface area (Å²) >= 11 is 0. The molecule has 3 aromatic rings. The van der Waals surface area contributed by atoms with Crippen molar-refractivity contribution in [2.75, 3.05) is 17.3 Å². The number of rotatable bonds is 5. The van der Waals surface area contributed by atoms with Crippen LogP contribution in [0.1, 0.15) is 41.3 Å². The Bertz CT molecular complexity index is 921. The van der Waals surface area contributed by atoms with Crippen LogP contribution in [0.2, 0.25) is 0 Å². The summed E-state index contributed by atoms with van der Waals surface area (Å²) in [6.07, 6.45) is 3.12. The lowest BCUT2D eigenvalue weighted by Crippen LogP contribution is -2.26. The minimum absolute atomic E-state index is 0.147. The number of aromatic nitrogens is 2. The smallest absolute Gasteiger partial charge is 0.261 e. The van der Waals surface area contributed by atoms with Gasteiger partial charge >= 0.3 is 0 Å². The Labute approximate surface area is 160 Å². The van der Waals surface area contributed by atoms with Gasteiger partial charge in [-0.3, -0.25) is 4.79 Å². The second kappa shape index (κ2) is 7.99. The van der Waals surface area contributed by atoms with Crippen LogP contribution in [0.5, 0.6) is 0 Å². The van der Waals surface area contributed by atoms with E-state index < -0.39 is 0 Å². The first-order chi connectivity index (χ1) is 13.0. The minimum Gasteiger partial charge on any atom is -0.324 e. The fourth-order valence-corrected chi connectivity index (χ4v) is 2.92. The second-order valence-electron chi connectivity index (χ2n) is 6.81. The van der Waals surface area contributed by atoms with Gasteiger partial charge in [-0.1, -0.05) is 50.2 Å². The lowest BCUT2D eigenvalue weighted by Gasteiger charge is -2.18. The molecule has 0 aliphatic carbocycles. The average Bonchev–Trinajstić information content (AvgIpc) is 2.69. The van der Waals surface area contributed by atoms with E-state index in [1.54, 1.807) is 24.3 Å². The average molecular weight is 360 g/mol. The zero-order chi connectivity index (χ0) is 19.4. The number of nitrogens with one attached hydrogen (secondary N) is 1. The molecule has 1 aromatic heterocycles. The molecule has 138 valence electrons. The van der Waals surface area contributed by atoms with E-state index in [0.717, 1.165) is 16.9 Å². The Hall–Kier alpha value is -3.21. The van der Waals surface area contributed by atoms with Crippen molar-refractivity contribution in [1.29, 1.82) is 0 Å². The minimum atomic E-state index is -0.147. The lowest BCUT2D eigenvalue weighted by atomic mass is 9.98. The largest absolute Gasteiger partial charge is 0.324 e. The summed E-state index contributed by atoms with van der Waals surface area (Å²) in [4.78, 5) is 22.9. The third kappa shape index (κ3) is 4.14. The van der Waals surface area contributed by atoms with E-state index >= 15 is 0 Å². The van der Waals surface area contributed by atoms with Crippen LogP contribution in [0, 0.1) is 6.92 Å². The number of hydrogen-bond donors (Lipinski definition) is 1. The topological polar surface area (TPSA) is 58.1 Å². The third-order valence-corrected chi connectivity index (χ3v) is 4.51. The number of anilines is 3. The summed E-state index contributed by atoms with van der Waals surface area (Å²) in [6.45, 7) is 6.37. The molecule has 1 amide bonds. The zero-order valence-corrected chi connectivity index (χ0v) is 16.1. The van der Waals surface area contributed by atoms with Crippen molar-refractivity contribution in [2.45, 2.75) is 26.7 Å². The maximum Gasteiger partial charge on any atom is 0.261 e. The number of aryl methyl sites for hydroxylation is 1. The Balaban J connectivity index is 1.80. The Morgan fingerprint density at radius 1 is 1.00 bits per heavy atom. The number of benzene rings is 2. The van der Waals surface area contributed by atoms with Gasteiger partial charge in [-0.2, -0.15) is 0 Å². The Morgan fingerprint density at radius 2 is 1.67 bits per heavy atom. The second-order valence-corrected chi connectivity index (χ2v) is 6.81. The predicted octanol–water partition coefficient (Wildman–Crippen LogP) is 4.93. The first kappa shape index (κ1) is 18.6.